The molecule has 3 heteroatoms. The van der Waals surface area contributed by atoms with Gasteiger partial charge in [0.1, 0.15) is 0 Å². The Hall–Kier alpha value is -0.120. The second kappa shape index (κ2) is 8.08. The lowest BCUT2D eigenvalue weighted by Gasteiger charge is -2.32. The van der Waals surface area contributed by atoms with E-state index in [-0.39, 0.29) is 0 Å². The van der Waals surface area contributed by atoms with Gasteiger partial charge in [0.05, 0.1) is 12.7 Å². The van der Waals surface area contributed by atoms with Crippen molar-refractivity contribution in [1.29, 1.82) is 0 Å². The normalized spacial score (nSPS) is 23.2. The summed E-state index contributed by atoms with van der Waals surface area (Å²) in [6.45, 7) is 7.81. The van der Waals surface area contributed by atoms with Crippen molar-refractivity contribution in [3.63, 3.8) is 0 Å². The minimum absolute atomic E-state index is 0.482. The van der Waals surface area contributed by atoms with E-state index in [1.807, 2.05) is 7.05 Å². The molecule has 0 spiro atoms. The molecule has 1 atom stereocenters. The van der Waals surface area contributed by atoms with Crippen LogP contribution in [0.3, 0.4) is 0 Å². The van der Waals surface area contributed by atoms with Gasteiger partial charge in [-0.05, 0) is 39.4 Å². The van der Waals surface area contributed by atoms with Crippen LogP contribution in [0.4, 0.5) is 0 Å². The highest BCUT2D eigenvalue weighted by atomic mass is 16.5. The van der Waals surface area contributed by atoms with Crippen LogP contribution >= 0.6 is 0 Å². The number of hydrogen-bond donors (Lipinski definition) is 1. The molecule has 1 saturated heterocycles. The average Bonchev–Trinajstić information content (AvgIpc) is 2.29. The van der Waals surface area contributed by atoms with Gasteiger partial charge in [-0.1, -0.05) is 13.3 Å². The van der Waals surface area contributed by atoms with Gasteiger partial charge in [0, 0.05) is 13.1 Å². The SMILES string of the molecule is CCC1CN(CCCCCNC)CCO1. The fourth-order valence-corrected chi connectivity index (χ4v) is 2.04. The second-order valence-electron chi connectivity index (χ2n) is 4.37. The summed E-state index contributed by atoms with van der Waals surface area (Å²) >= 11 is 0. The Kier molecular flexibility index (Phi) is 6.98. The van der Waals surface area contributed by atoms with E-state index in [1.54, 1.807) is 0 Å². The summed E-state index contributed by atoms with van der Waals surface area (Å²) in [5.41, 5.74) is 0. The summed E-state index contributed by atoms with van der Waals surface area (Å²) in [6, 6.07) is 0. The first kappa shape index (κ1) is 12.9. The third-order valence-corrected chi connectivity index (χ3v) is 3.08. The predicted molar refractivity (Wildman–Crippen MR) is 64.2 cm³/mol. The van der Waals surface area contributed by atoms with Gasteiger partial charge in [0.2, 0.25) is 0 Å². The summed E-state index contributed by atoms with van der Waals surface area (Å²) < 4.78 is 5.65. The molecule has 15 heavy (non-hydrogen) atoms. The monoisotopic (exact) mass is 214 g/mol. The number of morpholine rings is 1. The first-order chi connectivity index (χ1) is 7.36. The van der Waals surface area contributed by atoms with E-state index in [1.165, 1.54) is 25.8 Å². The smallest absolute Gasteiger partial charge is 0.0700 e. The van der Waals surface area contributed by atoms with Gasteiger partial charge in [0.15, 0.2) is 0 Å². The van der Waals surface area contributed by atoms with Gasteiger partial charge in [-0.25, -0.2) is 0 Å². The molecule has 3 nitrogen and oxygen atoms in total. The van der Waals surface area contributed by atoms with Crippen molar-refractivity contribution in [1.82, 2.24) is 10.2 Å². The van der Waals surface area contributed by atoms with Gasteiger partial charge in [0.25, 0.3) is 0 Å². The van der Waals surface area contributed by atoms with Gasteiger partial charge >= 0.3 is 0 Å². The molecular weight excluding hydrogens is 188 g/mol. The van der Waals surface area contributed by atoms with Crippen LogP contribution < -0.4 is 5.32 Å². The number of nitrogens with one attached hydrogen (secondary N) is 1. The van der Waals surface area contributed by atoms with Gasteiger partial charge < -0.3 is 10.1 Å². The van der Waals surface area contributed by atoms with Crippen molar-refractivity contribution in [2.24, 2.45) is 0 Å². The standard InChI is InChI=1S/C12H26N2O/c1-3-12-11-14(9-10-15-12)8-6-4-5-7-13-2/h12-13H,3-11H2,1-2H3. The molecule has 0 aromatic heterocycles. The Balaban J connectivity index is 2.00. The Bertz CT molecular complexity index is 153. The van der Waals surface area contributed by atoms with Crippen molar-refractivity contribution >= 4 is 0 Å². The number of unbranched alkanes of at least 4 members (excludes halogenated alkanes) is 2. The first-order valence-electron chi connectivity index (χ1n) is 6.35. The summed E-state index contributed by atoms with van der Waals surface area (Å²) in [5.74, 6) is 0. The summed E-state index contributed by atoms with van der Waals surface area (Å²) in [5, 5.41) is 3.19. The lowest BCUT2D eigenvalue weighted by atomic mass is 10.2. The van der Waals surface area contributed by atoms with E-state index in [0.29, 0.717) is 6.10 Å². The second-order valence-corrected chi connectivity index (χ2v) is 4.37. The Morgan fingerprint density at radius 1 is 1.33 bits per heavy atom. The molecule has 90 valence electrons. The van der Waals surface area contributed by atoms with Crippen molar-refractivity contribution in [2.45, 2.75) is 38.7 Å². The number of nitrogens with zero attached hydrogens (tertiary/aromatic N) is 1. The molecule has 1 aliphatic rings. The van der Waals surface area contributed by atoms with E-state index in [9.17, 15) is 0 Å². The number of rotatable bonds is 7. The molecule has 0 bridgehead atoms. The highest BCUT2D eigenvalue weighted by Gasteiger charge is 2.17. The predicted octanol–water partition coefficient (Wildman–Crippen LogP) is 1.49. The molecule has 1 rings (SSSR count). The topological polar surface area (TPSA) is 24.5 Å². The van der Waals surface area contributed by atoms with Gasteiger partial charge in [-0.2, -0.15) is 0 Å². The third-order valence-electron chi connectivity index (χ3n) is 3.08. The van der Waals surface area contributed by atoms with Crippen LogP contribution in [-0.4, -0.2) is 50.8 Å². The zero-order valence-corrected chi connectivity index (χ0v) is 10.3. The van der Waals surface area contributed by atoms with E-state index in [2.05, 4.69) is 17.1 Å². The van der Waals surface area contributed by atoms with Crippen LogP contribution in [0.2, 0.25) is 0 Å². The van der Waals surface area contributed by atoms with Gasteiger partial charge in [-0.3, -0.25) is 4.90 Å². The van der Waals surface area contributed by atoms with Crippen LogP contribution in [0.5, 0.6) is 0 Å². The zero-order valence-electron chi connectivity index (χ0n) is 10.3. The Morgan fingerprint density at radius 3 is 2.93 bits per heavy atom. The summed E-state index contributed by atoms with van der Waals surface area (Å²) in [4.78, 5) is 2.55. The van der Waals surface area contributed by atoms with E-state index in [4.69, 9.17) is 4.74 Å². The van der Waals surface area contributed by atoms with Crippen LogP contribution in [0.15, 0.2) is 0 Å². The maximum Gasteiger partial charge on any atom is 0.0700 e. The quantitative estimate of drug-likeness (QED) is 0.650. The first-order valence-corrected chi connectivity index (χ1v) is 6.35. The Labute approximate surface area is 94.2 Å². The molecular formula is C12H26N2O. The number of hydrogen-bond acceptors (Lipinski definition) is 3. The van der Waals surface area contributed by atoms with Crippen molar-refractivity contribution in [3.05, 3.63) is 0 Å². The lowest BCUT2D eigenvalue weighted by molar-refractivity contribution is -0.0299. The van der Waals surface area contributed by atoms with E-state index in [0.717, 1.165) is 32.7 Å². The molecule has 1 aliphatic heterocycles. The molecule has 1 unspecified atom stereocenters. The zero-order chi connectivity index (χ0) is 10.9. The van der Waals surface area contributed by atoms with Gasteiger partial charge in [-0.15, -0.1) is 0 Å². The molecule has 0 aliphatic carbocycles. The highest BCUT2D eigenvalue weighted by Crippen LogP contribution is 2.09. The molecule has 1 N–H and O–H groups in total. The van der Waals surface area contributed by atoms with Crippen LogP contribution in [0.1, 0.15) is 32.6 Å². The third kappa shape index (κ3) is 5.50. The van der Waals surface area contributed by atoms with Crippen molar-refractivity contribution < 1.29 is 4.74 Å². The minimum Gasteiger partial charge on any atom is -0.376 e. The molecule has 0 radical (unpaired) electrons. The van der Waals surface area contributed by atoms with Crippen LogP contribution in [0.25, 0.3) is 0 Å². The maximum atomic E-state index is 5.65. The summed E-state index contributed by atoms with van der Waals surface area (Å²) in [6.07, 6.45) is 5.61. The molecule has 0 saturated carbocycles. The number of ether oxygens (including phenoxy) is 1. The molecule has 1 heterocycles. The maximum absolute atomic E-state index is 5.65. The van der Waals surface area contributed by atoms with Crippen LogP contribution in [-0.2, 0) is 4.74 Å². The van der Waals surface area contributed by atoms with Crippen molar-refractivity contribution in [2.75, 3.05) is 39.8 Å². The van der Waals surface area contributed by atoms with Crippen LogP contribution in [0, 0.1) is 0 Å². The molecule has 0 aromatic rings. The fourth-order valence-electron chi connectivity index (χ4n) is 2.04. The fraction of sp³-hybridized carbons (Fsp3) is 1.00. The Morgan fingerprint density at radius 2 is 2.20 bits per heavy atom. The highest BCUT2D eigenvalue weighted by molar-refractivity contribution is 4.70. The molecule has 0 aromatic carbocycles. The van der Waals surface area contributed by atoms with E-state index >= 15 is 0 Å². The average molecular weight is 214 g/mol. The largest absolute Gasteiger partial charge is 0.376 e. The minimum atomic E-state index is 0.482. The molecule has 0 amide bonds. The summed E-state index contributed by atoms with van der Waals surface area (Å²) in [7, 11) is 2.02. The lowest BCUT2D eigenvalue weighted by Crippen LogP contribution is -2.42. The van der Waals surface area contributed by atoms with E-state index < -0.39 is 0 Å². The molecule has 1 fully saturated rings. The van der Waals surface area contributed by atoms with Crippen molar-refractivity contribution in [3.8, 4) is 0 Å².